The highest BCUT2D eigenvalue weighted by Gasteiger charge is 2.22. The van der Waals surface area contributed by atoms with Gasteiger partial charge in [-0.15, -0.1) is 0 Å². The lowest BCUT2D eigenvalue weighted by molar-refractivity contribution is 0.112. The molecule has 1 fully saturated rings. The van der Waals surface area contributed by atoms with E-state index in [2.05, 4.69) is 4.98 Å². The Balaban J connectivity index is 2.19. The molecule has 16 heavy (non-hydrogen) atoms. The Hall–Kier alpha value is -1.57. The topological polar surface area (TPSA) is 32.9 Å². The maximum Gasteiger partial charge on any atom is 0.152 e. The van der Waals surface area contributed by atoms with Crippen molar-refractivity contribution in [1.29, 1.82) is 0 Å². The number of aldehydes is 1. The van der Waals surface area contributed by atoms with Crippen molar-refractivity contribution in [2.24, 2.45) is 0 Å². The number of aromatic amines is 1. The van der Waals surface area contributed by atoms with E-state index in [4.69, 9.17) is 0 Å². The third-order valence-electron chi connectivity index (χ3n) is 3.66. The fraction of sp³-hybridized carbons (Fsp3) is 0.357. The summed E-state index contributed by atoms with van der Waals surface area (Å²) in [7, 11) is 0. The number of para-hydroxylation sites is 1. The van der Waals surface area contributed by atoms with Crippen molar-refractivity contribution in [3.63, 3.8) is 0 Å². The summed E-state index contributed by atoms with van der Waals surface area (Å²) in [4.78, 5) is 14.7. The molecule has 1 aliphatic carbocycles. The van der Waals surface area contributed by atoms with Gasteiger partial charge in [-0.2, -0.15) is 0 Å². The van der Waals surface area contributed by atoms with Crippen LogP contribution in [-0.4, -0.2) is 11.3 Å². The van der Waals surface area contributed by atoms with Gasteiger partial charge in [0, 0.05) is 22.2 Å². The number of hydrogen-bond donors (Lipinski definition) is 1. The standard InChI is InChI=1S/C14H15NO/c16-9-12-11-7-3-4-8-13(11)15-14(12)10-5-1-2-6-10/h3-4,7-10,15H,1-2,5-6H2. The van der Waals surface area contributed by atoms with E-state index < -0.39 is 0 Å². The molecule has 1 aromatic heterocycles. The molecule has 1 saturated carbocycles. The molecule has 1 N–H and O–H groups in total. The minimum absolute atomic E-state index is 0.563. The van der Waals surface area contributed by atoms with E-state index in [1.807, 2.05) is 24.3 Å². The minimum atomic E-state index is 0.563. The average molecular weight is 213 g/mol. The van der Waals surface area contributed by atoms with Crippen LogP contribution in [0.4, 0.5) is 0 Å². The van der Waals surface area contributed by atoms with E-state index in [1.54, 1.807) is 0 Å². The Kier molecular flexibility index (Phi) is 2.28. The van der Waals surface area contributed by atoms with E-state index >= 15 is 0 Å². The van der Waals surface area contributed by atoms with Crippen LogP contribution in [0.2, 0.25) is 0 Å². The van der Waals surface area contributed by atoms with Gasteiger partial charge in [0.1, 0.15) is 0 Å². The Morgan fingerprint density at radius 1 is 1.19 bits per heavy atom. The second-order valence-corrected chi connectivity index (χ2v) is 4.60. The molecule has 1 aromatic carbocycles. The zero-order valence-corrected chi connectivity index (χ0v) is 9.20. The minimum Gasteiger partial charge on any atom is -0.358 e. The molecule has 3 rings (SSSR count). The highest BCUT2D eigenvalue weighted by atomic mass is 16.1. The molecule has 82 valence electrons. The van der Waals surface area contributed by atoms with Crippen LogP contribution in [0.5, 0.6) is 0 Å². The number of aromatic nitrogens is 1. The normalized spacial score (nSPS) is 17.0. The van der Waals surface area contributed by atoms with Gasteiger partial charge >= 0.3 is 0 Å². The molecule has 1 heterocycles. The number of rotatable bonds is 2. The Bertz CT molecular complexity index is 521. The van der Waals surface area contributed by atoms with Crippen LogP contribution in [0.3, 0.4) is 0 Å². The van der Waals surface area contributed by atoms with Crippen LogP contribution in [0.1, 0.15) is 47.7 Å². The van der Waals surface area contributed by atoms with Crippen LogP contribution in [0.15, 0.2) is 24.3 Å². The monoisotopic (exact) mass is 213 g/mol. The number of hydrogen-bond acceptors (Lipinski definition) is 1. The molecular weight excluding hydrogens is 198 g/mol. The van der Waals surface area contributed by atoms with Crippen LogP contribution >= 0.6 is 0 Å². The predicted molar refractivity (Wildman–Crippen MR) is 64.9 cm³/mol. The first-order valence-electron chi connectivity index (χ1n) is 5.96. The fourth-order valence-electron chi connectivity index (χ4n) is 2.85. The van der Waals surface area contributed by atoms with Gasteiger partial charge < -0.3 is 4.98 Å². The lowest BCUT2D eigenvalue weighted by Crippen LogP contribution is -1.96. The number of fused-ring (bicyclic) bond motifs is 1. The van der Waals surface area contributed by atoms with Crippen LogP contribution in [0.25, 0.3) is 10.9 Å². The second-order valence-electron chi connectivity index (χ2n) is 4.60. The molecule has 1 aliphatic rings. The zero-order chi connectivity index (χ0) is 11.0. The zero-order valence-electron chi connectivity index (χ0n) is 9.20. The lowest BCUT2D eigenvalue weighted by atomic mass is 9.99. The van der Waals surface area contributed by atoms with Crippen molar-refractivity contribution >= 4 is 17.2 Å². The van der Waals surface area contributed by atoms with Crippen LogP contribution in [-0.2, 0) is 0 Å². The van der Waals surface area contributed by atoms with E-state index in [0.29, 0.717) is 5.92 Å². The highest BCUT2D eigenvalue weighted by molar-refractivity contribution is 5.99. The maximum atomic E-state index is 11.2. The van der Waals surface area contributed by atoms with Gasteiger partial charge in [0.05, 0.1) is 0 Å². The van der Waals surface area contributed by atoms with E-state index in [9.17, 15) is 4.79 Å². The molecule has 0 saturated heterocycles. The number of benzene rings is 1. The molecule has 2 aromatic rings. The quantitative estimate of drug-likeness (QED) is 0.759. The van der Waals surface area contributed by atoms with Crippen molar-refractivity contribution < 1.29 is 4.79 Å². The van der Waals surface area contributed by atoms with Gasteiger partial charge in [-0.1, -0.05) is 31.0 Å². The molecular formula is C14H15NO. The highest BCUT2D eigenvalue weighted by Crippen LogP contribution is 2.37. The first-order valence-corrected chi connectivity index (χ1v) is 5.96. The van der Waals surface area contributed by atoms with Gasteiger partial charge in [-0.25, -0.2) is 0 Å². The average Bonchev–Trinajstić information content (AvgIpc) is 2.95. The summed E-state index contributed by atoms with van der Waals surface area (Å²) < 4.78 is 0. The summed E-state index contributed by atoms with van der Waals surface area (Å²) in [6.07, 6.45) is 6.02. The van der Waals surface area contributed by atoms with Crippen LogP contribution < -0.4 is 0 Å². The molecule has 0 spiro atoms. The number of H-pyrrole nitrogens is 1. The first kappa shape index (κ1) is 9.64. The van der Waals surface area contributed by atoms with Gasteiger partial charge in [0.2, 0.25) is 0 Å². The van der Waals surface area contributed by atoms with Gasteiger partial charge in [-0.3, -0.25) is 4.79 Å². The Morgan fingerprint density at radius 2 is 1.94 bits per heavy atom. The van der Waals surface area contributed by atoms with Crippen molar-refractivity contribution in [3.8, 4) is 0 Å². The number of carbonyl (C=O) groups is 1. The van der Waals surface area contributed by atoms with Gasteiger partial charge in [0.25, 0.3) is 0 Å². The van der Waals surface area contributed by atoms with E-state index in [1.165, 1.54) is 25.7 Å². The van der Waals surface area contributed by atoms with E-state index in [0.717, 1.165) is 28.4 Å². The fourth-order valence-corrected chi connectivity index (χ4v) is 2.85. The third-order valence-corrected chi connectivity index (χ3v) is 3.66. The largest absolute Gasteiger partial charge is 0.358 e. The molecule has 0 aliphatic heterocycles. The summed E-state index contributed by atoms with van der Waals surface area (Å²) in [6.45, 7) is 0. The molecule has 0 unspecified atom stereocenters. The third kappa shape index (κ3) is 1.37. The molecule has 2 heteroatoms. The summed E-state index contributed by atoms with van der Waals surface area (Å²) in [5, 5.41) is 1.07. The lowest BCUT2D eigenvalue weighted by Gasteiger charge is -2.07. The SMILES string of the molecule is O=Cc1c(C2CCCC2)[nH]c2ccccc12. The summed E-state index contributed by atoms with van der Waals surface area (Å²) >= 11 is 0. The summed E-state index contributed by atoms with van der Waals surface area (Å²) in [5.41, 5.74) is 3.13. The molecule has 2 nitrogen and oxygen atoms in total. The summed E-state index contributed by atoms with van der Waals surface area (Å²) in [6, 6.07) is 8.06. The van der Waals surface area contributed by atoms with Crippen molar-refractivity contribution in [2.75, 3.05) is 0 Å². The van der Waals surface area contributed by atoms with Crippen molar-refractivity contribution in [2.45, 2.75) is 31.6 Å². The molecule has 0 radical (unpaired) electrons. The van der Waals surface area contributed by atoms with Crippen molar-refractivity contribution in [3.05, 3.63) is 35.5 Å². The van der Waals surface area contributed by atoms with E-state index in [-0.39, 0.29) is 0 Å². The van der Waals surface area contributed by atoms with Gasteiger partial charge in [-0.05, 0) is 24.8 Å². The van der Waals surface area contributed by atoms with Gasteiger partial charge in [0.15, 0.2) is 6.29 Å². The second kappa shape index (κ2) is 3.78. The van der Waals surface area contributed by atoms with Crippen molar-refractivity contribution in [1.82, 2.24) is 4.98 Å². The maximum absolute atomic E-state index is 11.2. The summed E-state index contributed by atoms with van der Waals surface area (Å²) in [5.74, 6) is 0.563. The number of nitrogens with one attached hydrogen (secondary N) is 1. The molecule has 0 amide bonds. The Morgan fingerprint density at radius 3 is 2.69 bits per heavy atom. The molecule has 0 atom stereocenters. The first-order chi connectivity index (χ1) is 7.90. The smallest absolute Gasteiger partial charge is 0.152 e. The Labute approximate surface area is 94.7 Å². The number of carbonyl (C=O) groups excluding carboxylic acids is 1. The molecule has 0 bridgehead atoms. The van der Waals surface area contributed by atoms with Crippen LogP contribution in [0, 0.1) is 0 Å². The predicted octanol–water partition coefficient (Wildman–Crippen LogP) is 3.64.